The number of nitrogens with two attached hydrogens (primary N) is 1. The average molecular weight is 227 g/mol. The molecule has 3 nitrogen and oxygen atoms in total. The molecule has 0 bridgehead atoms. The summed E-state index contributed by atoms with van der Waals surface area (Å²) in [5.41, 5.74) is 6.44. The van der Waals surface area contributed by atoms with E-state index in [1.807, 2.05) is 19.1 Å². The molecule has 4 heteroatoms. The fourth-order valence-corrected chi connectivity index (χ4v) is 2.66. The van der Waals surface area contributed by atoms with Crippen LogP contribution in [0.3, 0.4) is 0 Å². The van der Waals surface area contributed by atoms with Crippen LogP contribution in [0.5, 0.6) is 0 Å². The van der Waals surface area contributed by atoms with E-state index in [9.17, 15) is 8.42 Å². The topological polar surface area (TPSA) is 60.2 Å². The number of hydrogen-bond acceptors (Lipinski definition) is 3. The molecular weight excluding hydrogens is 210 g/mol. The Kier molecular flexibility index (Phi) is 4.29. The van der Waals surface area contributed by atoms with Gasteiger partial charge >= 0.3 is 0 Å². The maximum absolute atomic E-state index is 11.7. The van der Waals surface area contributed by atoms with Gasteiger partial charge in [-0.2, -0.15) is 0 Å². The Morgan fingerprint density at radius 3 is 2.27 bits per heavy atom. The first-order valence-corrected chi connectivity index (χ1v) is 6.77. The van der Waals surface area contributed by atoms with Gasteiger partial charge in [0.15, 0.2) is 9.84 Å². The van der Waals surface area contributed by atoms with Crippen LogP contribution in [-0.2, 0) is 16.3 Å². The molecule has 0 aliphatic carbocycles. The molecule has 0 spiro atoms. The van der Waals surface area contributed by atoms with Gasteiger partial charge in [0.2, 0.25) is 0 Å². The summed E-state index contributed by atoms with van der Waals surface area (Å²) in [6.07, 6.45) is 1.43. The Bertz CT molecular complexity index is 395. The van der Waals surface area contributed by atoms with Crippen LogP contribution >= 0.6 is 0 Å². The Labute approximate surface area is 91.2 Å². The minimum atomic E-state index is -3.13. The quantitative estimate of drug-likeness (QED) is 0.826. The number of aryl methyl sites for hydroxylation is 1. The van der Waals surface area contributed by atoms with Gasteiger partial charge in [-0.3, -0.25) is 0 Å². The van der Waals surface area contributed by atoms with Gasteiger partial charge in [0.1, 0.15) is 0 Å². The summed E-state index contributed by atoms with van der Waals surface area (Å²) in [6, 6.07) is 7.06. The monoisotopic (exact) mass is 227 g/mol. The van der Waals surface area contributed by atoms with Gasteiger partial charge in [-0.15, -0.1) is 0 Å². The summed E-state index contributed by atoms with van der Waals surface area (Å²) in [7, 11) is -3.13. The third-order valence-corrected chi connectivity index (χ3v) is 4.12. The molecule has 0 aromatic heterocycles. The van der Waals surface area contributed by atoms with E-state index in [0.29, 0.717) is 17.9 Å². The normalized spacial score (nSPS) is 11.6. The first-order valence-electron chi connectivity index (χ1n) is 5.12. The first kappa shape index (κ1) is 12.2. The first-order chi connectivity index (χ1) is 7.10. The molecular formula is C11H17NO2S. The molecule has 0 unspecified atom stereocenters. The minimum absolute atomic E-state index is 0.134. The number of hydrogen-bond donors (Lipinski definition) is 1. The number of rotatable bonds is 5. The molecule has 0 aliphatic rings. The van der Waals surface area contributed by atoms with Crippen LogP contribution in [0.15, 0.2) is 29.2 Å². The fraction of sp³-hybridized carbons (Fsp3) is 0.455. The molecule has 1 aromatic rings. The van der Waals surface area contributed by atoms with Gasteiger partial charge in [0.25, 0.3) is 0 Å². The molecule has 0 amide bonds. The van der Waals surface area contributed by atoms with Gasteiger partial charge in [0.05, 0.1) is 10.6 Å². The van der Waals surface area contributed by atoms with Gasteiger partial charge in [-0.25, -0.2) is 8.42 Å². The zero-order chi connectivity index (χ0) is 11.3. The molecule has 1 aromatic carbocycles. The van der Waals surface area contributed by atoms with Crippen molar-refractivity contribution in [2.45, 2.75) is 24.7 Å². The second kappa shape index (κ2) is 5.28. The third kappa shape index (κ3) is 3.32. The van der Waals surface area contributed by atoms with Crippen LogP contribution in [0.1, 0.15) is 18.9 Å². The second-order valence-corrected chi connectivity index (χ2v) is 5.57. The molecule has 0 atom stereocenters. The van der Waals surface area contributed by atoms with Crippen LogP contribution in [0.2, 0.25) is 0 Å². The highest BCUT2D eigenvalue weighted by Gasteiger charge is 2.12. The Hall–Kier alpha value is -0.870. The van der Waals surface area contributed by atoms with Gasteiger partial charge in [-0.05, 0) is 37.1 Å². The second-order valence-electron chi connectivity index (χ2n) is 3.46. The van der Waals surface area contributed by atoms with E-state index >= 15 is 0 Å². The predicted octanol–water partition coefficient (Wildman–Crippen LogP) is 1.37. The summed E-state index contributed by atoms with van der Waals surface area (Å²) in [5, 5.41) is 0. The van der Waals surface area contributed by atoms with Gasteiger partial charge in [-0.1, -0.05) is 19.1 Å². The molecule has 0 radical (unpaired) electrons. The van der Waals surface area contributed by atoms with Crippen molar-refractivity contribution in [2.24, 2.45) is 5.73 Å². The van der Waals surface area contributed by atoms with Crippen LogP contribution in [-0.4, -0.2) is 20.7 Å². The van der Waals surface area contributed by atoms with Crippen LogP contribution in [0.25, 0.3) is 0 Å². The third-order valence-electron chi connectivity index (χ3n) is 2.31. The molecule has 0 heterocycles. The molecule has 0 saturated heterocycles. The van der Waals surface area contributed by atoms with E-state index in [0.717, 1.165) is 12.0 Å². The maximum atomic E-state index is 11.7. The van der Waals surface area contributed by atoms with Gasteiger partial charge < -0.3 is 5.73 Å². The highest BCUT2D eigenvalue weighted by Crippen LogP contribution is 2.13. The minimum Gasteiger partial charge on any atom is -0.330 e. The van der Waals surface area contributed by atoms with E-state index in [1.54, 1.807) is 12.1 Å². The molecule has 0 fully saturated rings. The van der Waals surface area contributed by atoms with Gasteiger partial charge in [0, 0.05) is 0 Å². The van der Waals surface area contributed by atoms with E-state index in [1.165, 1.54) is 0 Å². The predicted molar refractivity (Wildman–Crippen MR) is 61.5 cm³/mol. The summed E-state index contributed by atoms with van der Waals surface area (Å²) >= 11 is 0. The smallest absolute Gasteiger partial charge is 0.178 e. The molecule has 84 valence electrons. The van der Waals surface area contributed by atoms with Crippen molar-refractivity contribution in [1.29, 1.82) is 0 Å². The van der Waals surface area contributed by atoms with Crippen LogP contribution in [0, 0.1) is 0 Å². The Morgan fingerprint density at radius 2 is 1.80 bits per heavy atom. The standard InChI is InChI=1S/C11H17NO2S/c1-2-10-4-6-11(7-5-10)15(13,14)9-3-8-12/h4-7H,2-3,8-9,12H2,1H3. The molecule has 1 rings (SSSR count). The zero-order valence-electron chi connectivity index (χ0n) is 8.94. The number of sulfone groups is 1. The summed E-state index contributed by atoms with van der Waals surface area (Å²) in [4.78, 5) is 0.396. The van der Waals surface area contributed by atoms with E-state index in [2.05, 4.69) is 0 Å². The van der Waals surface area contributed by atoms with Crippen molar-refractivity contribution in [2.75, 3.05) is 12.3 Å². The van der Waals surface area contributed by atoms with E-state index in [4.69, 9.17) is 5.73 Å². The summed E-state index contributed by atoms with van der Waals surface area (Å²) in [6.45, 7) is 2.45. The Balaban J connectivity index is 2.86. The fourth-order valence-electron chi connectivity index (χ4n) is 1.32. The highest BCUT2D eigenvalue weighted by molar-refractivity contribution is 7.91. The lowest BCUT2D eigenvalue weighted by Crippen LogP contribution is -2.11. The molecule has 0 saturated carbocycles. The summed E-state index contributed by atoms with van der Waals surface area (Å²) < 4.78 is 23.5. The lowest BCUT2D eigenvalue weighted by Gasteiger charge is -2.04. The van der Waals surface area contributed by atoms with Crippen molar-refractivity contribution in [1.82, 2.24) is 0 Å². The van der Waals surface area contributed by atoms with Crippen molar-refractivity contribution >= 4 is 9.84 Å². The number of benzene rings is 1. The highest BCUT2D eigenvalue weighted by atomic mass is 32.2. The SMILES string of the molecule is CCc1ccc(S(=O)(=O)CCCN)cc1. The van der Waals surface area contributed by atoms with E-state index < -0.39 is 9.84 Å². The van der Waals surface area contributed by atoms with Crippen molar-refractivity contribution in [3.8, 4) is 0 Å². The largest absolute Gasteiger partial charge is 0.330 e. The van der Waals surface area contributed by atoms with Crippen molar-refractivity contribution in [3.63, 3.8) is 0 Å². The van der Waals surface area contributed by atoms with Crippen LogP contribution in [0.4, 0.5) is 0 Å². The van der Waals surface area contributed by atoms with Crippen LogP contribution < -0.4 is 5.73 Å². The zero-order valence-corrected chi connectivity index (χ0v) is 9.76. The Morgan fingerprint density at radius 1 is 1.20 bits per heavy atom. The van der Waals surface area contributed by atoms with Crippen molar-refractivity contribution in [3.05, 3.63) is 29.8 Å². The summed E-state index contributed by atoms with van der Waals surface area (Å²) in [5.74, 6) is 0.134. The van der Waals surface area contributed by atoms with E-state index in [-0.39, 0.29) is 5.75 Å². The molecule has 2 N–H and O–H groups in total. The maximum Gasteiger partial charge on any atom is 0.178 e. The van der Waals surface area contributed by atoms with Crippen molar-refractivity contribution < 1.29 is 8.42 Å². The lowest BCUT2D eigenvalue weighted by atomic mass is 10.2. The lowest BCUT2D eigenvalue weighted by molar-refractivity contribution is 0.593. The average Bonchev–Trinajstić information content (AvgIpc) is 2.26. The molecule has 0 aliphatic heterocycles. The molecule has 15 heavy (non-hydrogen) atoms.